The molecule has 8 nitrogen and oxygen atoms in total. The number of ether oxygens (including phenoxy) is 1. The molecule has 2 aromatic rings. The number of H-pyrrole nitrogens is 1. The van der Waals surface area contributed by atoms with Crippen molar-refractivity contribution in [2.24, 2.45) is 5.92 Å². The Balaban J connectivity index is 1.83. The van der Waals surface area contributed by atoms with Crippen molar-refractivity contribution in [3.8, 4) is 17.0 Å². The minimum Gasteiger partial charge on any atom is -0.495 e. The zero-order valence-corrected chi connectivity index (χ0v) is 17.1. The molecule has 1 aromatic heterocycles. The number of benzene rings is 1. The second-order valence-corrected chi connectivity index (χ2v) is 8.94. The largest absolute Gasteiger partial charge is 0.495 e. The number of nitrogens with zero attached hydrogens (tertiary/aromatic N) is 1. The maximum atomic E-state index is 12.6. The van der Waals surface area contributed by atoms with E-state index < -0.39 is 10.0 Å². The number of amides is 1. The molecule has 0 bridgehead atoms. The highest BCUT2D eigenvalue weighted by Crippen LogP contribution is 2.29. The van der Waals surface area contributed by atoms with E-state index in [9.17, 15) is 13.2 Å². The van der Waals surface area contributed by atoms with Crippen LogP contribution < -0.4 is 14.8 Å². The van der Waals surface area contributed by atoms with Gasteiger partial charge in [-0.1, -0.05) is 19.8 Å². The molecule has 0 radical (unpaired) electrons. The lowest BCUT2D eigenvalue weighted by atomic mass is 9.86. The summed E-state index contributed by atoms with van der Waals surface area (Å²) >= 11 is 0. The lowest BCUT2D eigenvalue weighted by Crippen LogP contribution is -2.41. The van der Waals surface area contributed by atoms with E-state index in [4.69, 9.17) is 4.74 Å². The van der Waals surface area contributed by atoms with Gasteiger partial charge in [0.2, 0.25) is 10.0 Å². The summed E-state index contributed by atoms with van der Waals surface area (Å²) in [7, 11) is -0.951. The zero-order valence-electron chi connectivity index (χ0n) is 16.3. The molecular weight excluding hydrogens is 380 g/mol. The summed E-state index contributed by atoms with van der Waals surface area (Å²) in [6, 6.07) is 6.54. The van der Waals surface area contributed by atoms with Gasteiger partial charge in [0.1, 0.15) is 16.3 Å². The quantitative estimate of drug-likeness (QED) is 0.681. The van der Waals surface area contributed by atoms with E-state index in [1.54, 1.807) is 18.2 Å². The highest BCUT2D eigenvalue weighted by Gasteiger charge is 2.24. The molecule has 1 aromatic carbocycles. The number of sulfonamides is 1. The molecule has 0 unspecified atom stereocenters. The van der Waals surface area contributed by atoms with Crippen LogP contribution in [0.3, 0.4) is 0 Å². The Morgan fingerprint density at radius 3 is 2.68 bits per heavy atom. The summed E-state index contributed by atoms with van der Waals surface area (Å²) in [4.78, 5) is 12.6. The topological polar surface area (TPSA) is 113 Å². The average molecular weight is 407 g/mol. The average Bonchev–Trinajstić information content (AvgIpc) is 3.19. The standard InChI is InChI=1S/C19H26N4O4S/c1-12-6-4-5-7-14(12)21-19(24)16-11-15(22-23-16)13-8-9-17(27-3)18(10-13)28(25,26)20-2/h8-12,14,20H,4-7H2,1-3H3,(H,21,24)(H,22,23)/t12-,14+/m0/s1. The van der Waals surface area contributed by atoms with Crippen LogP contribution in [0.15, 0.2) is 29.2 Å². The molecular formula is C19H26N4O4S. The fourth-order valence-electron chi connectivity index (χ4n) is 3.52. The van der Waals surface area contributed by atoms with Crippen molar-refractivity contribution in [1.29, 1.82) is 0 Å². The van der Waals surface area contributed by atoms with Crippen molar-refractivity contribution in [2.75, 3.05) is 14.2 Å². The molecule has 3 rings (SSSR count). The summed E-state index contributed by atoms with van der Waals surface area (Å²) in [5.74, 6) is 0.489. The third-order valence-electron chi connectivity index (χ3n) is 5.27. The molecule has 2 atom stereocenters. The van der Waals surface area contributed by atoms with E-state index in [1.165, 1.54) is 26.6 Å². The molecule has 9 heteroatoms. The van der Waals surface area contributed by atoms with Gasteiger partial charge in [-0.05, 0) is 50.1 Å². The molecule has 0 aliphatic heterocycles. The third kappa shape index (κ3) is 4.20. The molecule has 3 N–H and O–H groups in total. The number of hydrogen-bond donors (Lipinski definition) is 3. The van der Waals surface area contributed by atoms with Crippen molar-refractivity contribution >= 4 is 15.9 Å². The molecule has 1 aliphatic rings. The number of carbonyl (C=O) groups is 1. The number of carbonyl (C=O) groups excluding carboxylic acids is 1. The van der Waals surface area contributed by atoms with Crippen molar-refractivity contribution in [1.82, 2.24) is 20.2 Å². The van der Waals surface area contributed by atoms with Crippen LogP contribution in [0.4, 0.5) is 0 Å². The number of rotatable bonds is 6. The third-order valence-corrected chi connectivity index (χ3v) is 6.70. The number of aromatic amines is 1. The molecule has 0 saturated heterocycles. The van der Waals surface area contributed by atoms with Crippen molar-refractivity contribution < 1.29 is 17.9 Å². The summed E-state index contributed by atoms with van der Waals surface area (Å²) in [5, 5.41) is 10.0. The van der Waals surface area contributed by atoms with Crippen LogP contribution in [0, 0.1) is 5.92 Å². The second kappa shape index (κ2) is 8.32. The fourth-order valence-corrected chi connectivity index (χ4v) is 4.44. The first-order valence-electron chi connectivity index (χ1n) is 9.34. The van der Waals surface area contributed by atoms with Gasteiger partial charge in [-0.3, -0.25) is 9.89 Å². The molecule has 1 fully saturated rings. The summed E-state index contributed by atoms with van der Waals surface area (Å²) < 4.78 is 31.9. The Kier molecular flexibility index (Phi) is 6.04. The van der Waals surface area contributed by atoms with Gasteiger partial charge in [-0.15, -0.1) is 0 Å². The van der Waals surface area contributed by atoms with Crippen LogP contribution in [0.25, 0.3) is 11.3 Å². The van der Waals surface area contributed by atoms with Gasteiger partial charge in [0.15, 0.2) is 0 Å². The maximum absolute atomic E-state index is 12.6. The van der Waals surface area contributed by atoms with Crippen LogP contribution >= 0.6 is 0 Å². The first-order valence-corrected chi connectivity index (χ1v) is 10.8. The lowest BCUT2D eigenvalue weighted by Gasteiger charge is -2.29. The van der Waals surface area contributed by atoms with Crippen molar-refractivity contribution in [3.63, 3.8) is 0 Å². The molecule has 1 saturated carbocycles. The first kappa shape index (κ1) is 20.3. The van der Waals surface area contributed by atoms with Crippen LogP contribution in [0.5, 0.6) is 5.75 Å². The number of methoxy groups -OCH3 is 1. The summed E-state index contributed by atoms with van der Waals surface area (Å²) in [6.07, 6.45) is 4.43. The SMILES string of the molecule is CNS(=O)(=O)c1cc(-c2cc(C(=O)N[C@@H]3CCCC[C@@H]3C)[nH]n2)ccc1OC. The van der Waals surface area contributed by atoms with E-state index in [1.807, 2.05) is 0 Å². The van der Waals surface area contributed by atoms with Crippen molar-refractivity contribution in [3.05, 3.63) is 30.0 Å². The monoisotopic (exact) mass is 406 g/mol. The lowest BCUT2D eigenvalue weighted by molar-refractivity contribution is 0.0905. The molecule has 28 heavy (non-hydrogen) atoms. The predicted octanol–water partition coefficient (Wildman–Crippen LogP) is 2.30. The highest BCUT2D eigenvalue weighted by molar-refractivity contribution is 7.89. The Bertz CT molecular complexity index is 955. The van der Waals surface area contributed by atoms with E-state index in [0.717, 1.165) is 19.3 Å². The molecule has 1 amide bonds. The normalized spacial score (nSPS) is 20.0. The smallest absolute Gasteiger partial charge is 0.269 e. The van der Waals surface area contributed by atoms with E-state index >= 15 is 0 Å². The van der Waals surface area contributed by atoms with Crippen molar-refractivity contribution in [2.45, 2.75) is 43.5 Å². The van der Waals surface area contributed by atoms with Crippen LogP contribution in [0.1, 0.15) is 43.1 Å². The number of hydrogen-bond acceptors (Lipinski definition) is 5. The van der Waals surface area contributed by atoms with Gasteiger partial charge < -0.3 is 10.1 Å². The molecule has 1 heterocycles. The first-order chi connectivity index (χ1) is 13.4. The Hall–Kier alpha value is -2.39. The maximum Gasteiger partial charge on any atom is 0.269 e. The van der Waals surface area contributed by atoms with Gasteiger partial charge >= 0.3 is 0 Å². The highest BCUT2D eigenvalue weighted by atomic mass is 32.2. The number of nitrogens with one attached hydrogen (secondary N) is 3. The van der Waals surface area contributed by atoms with Crippen LogP contribution in [-0.4, -0.2) is 44.7 Å². The van der Waals surface area contributed by atoms with Gasteiger partial charge in [0.05, 0.1) is 12.8 Å². The molecule has 1 aliphatic carbocycles. The Labute approximate surface area is 165 Å². The molecule has 152 valence electrons. The van der Waals surface area contributed by atoms with Gasteiger partial charge in [0.25, 0.3) is 5.91 Å². The number of aromatic nitrogens is 2. The van der Waals surface area contributed by atoms with E-state index in [0.29, 0.717) is 22.9 Å². The van der Waals surface area contributed by atoms with Gasteiger partial charge in [0, 0.05) is 11.6 Å². The molecule has 0 spiro atoms. The summed E-state index contributed by atoms with van der Waals surface area (Å²) in [5.41, 5.74) is 1.40. The van der Waals surface area contributed by atoms with Crippen LogP contribution in [-0.2, 0) is 10.0 Å². The second-order valence-electron chi connectivity index (χ2n) is 7.08. The Morgan fingerprint density at radius 2 is 2.00 bits per heavy atom. The van der Waals surface area contributed by atoms with Gasteiger partial charge in [-0.2, -0.15) is 5.10 Å². The summed E-state index contributed by atoms with van der Waals surface area (Å²) in [6.45, 7) is 2.16. The van der Waals surface area contributed by atoms with E-state index in [-0.39, 0.29) is 22.6 Å². The minimum atomic E-state index is -3.70. The zero-order chi connectivity index (χ0) is 20.3. The minimum absolute atomic E-state index is 0.0139. The fraction of sp³-hybridized carbons (Fsp3) is 0.474. The van der Waals surface area contributed by atoms with Gasteiger partial charge in [-0.25, -0.2) is 13.1 Å². The Morgan fingerprint density at radius 1 is 1.25 bits per heavy atom. The predicted molar refractivity (Wildman–Crippen MR) is 106 cm³/mol. The van der Waals surface area contributed by atoms with Crippen LogP contribution in [0.2, 0.25) is 0 Å². The van der Waals surface area contributed by atoms with E-state index in [2.05, 4.69) is 27.2 Å².